The highest BCUT2D eigenvalue weighted by Gasteiger charge is 2.20. The second-order valence-corrected chi connectivity index (χ2v) is 4.63. The first kappa shape index (κ1) is 12.0. The number of aliphatic hydroxyl groups is 1. The zero-order chi connectivity index (χ0) is 12.3. The topological polar surface area (TPSA) is 97.0 Å². The van der Waals surface area contributed by atoms with Crippen LogP contribution in [0.15, 0.2) is 0 Å². The zero-order valence-corrected chi connectivity index (χ0v) is 10.1. The number of hydrogen-bond acceptors (Lipinski definition) is 6. The van der Waals surface area contributed by atoms with Gasteiger partial charge in [-0.05, 0) is 32.1 Å². The molecule has 4 N–H and O–H groups in total. The monoisotopic (exact) mass is 237 g/mol. The van der Waals surface area contributed by atoms with E-state index >= 15 is 0 Å². The zero-order valence-electron chi connectivity index (χ0n) is 10.1. The molecule has 17 heavy (non-hydrogen) atoms. The van der Waals surface area contributed by atoms with Crippen LogP contribution in [0.2, 0.25) is 0 Å². The van der Waals surface area contributed by atoms with E-state index in [-0.39, 0.29) is 12.1 Å². The quantitative estimate of drug-likeness (QED) is 0.717. The summed E-state index contributed by atoms with van der Waals surface area (Å²) in [6.45, 7) is 2.56. The number of nitrogen functional groups attached to an aromatic ring is 1. The number of hydrogen-bond donors (Lipinski definition) is 3. The molecular formula is C11H19N5O. The third-order valence-electron chi connectivity index (χ3n) is 3.07. The number of aryl methyl sites for hydroxylation is 1. The summed E-state index contributed by atoms with van der Waals surface area (Å²) in [6.07, 6.45) is 3.86. The van der Waals surface area contributed by atoms with Crippen LogP contribution in [0.4, 0.5) is 11.9 Å². The van der Waals surface area contributed by atoms with Gasteiger partial charge in [0, 0.05) is 6.54 Å². The summed E-state index contributed by atoms with van der Waals surface area (Å²) in [4.78, 5) is 12.1. The van der Waals surface area contributed by atoms with Crippen LogP contribution in [0, 0.1) is 12.8 Å². The van der Waals surface area contributed by atoms with Gasteiger partial charge in [0.1, 0.15) is 5.82 Å². The van der Waals surface area contributed by atoms with Crippen LogP contribution in [0.3, 0.4) is 0 Å². The maximum atomic E-state index is 9.58. The van der Waals surface area contributed by atoms with Crippen molar-refractivity contribution in [3.63, 3.8) is 0 Å². The van der Waals surface area contributed by atoms with Crippen LogP contribution in [-0.2, 0) is 0 Å². The third kappa shape index (κ3) is 3.52. The average molecular weight is 237 g/mol. The molecule has 0 amide bonds. The molecule has 1 aromatic rings. The van der Waals surface area contributed by atoms with Gasteiger partial charge in [-0.3, -0.25) is 0 Å². The predicted molar refractivity (Wildman–Crippen MR) is 65.4 cm³/mol. The molecule has 0 aliphatic heterocycles. The fourth-order valence-corrected chi connectivity index (χ4v) is 2.27. The summed E-state index contributed by atoms with van der Waals surface area (Å²) in [5.41, 5.74) is 5.55. The minimum atomic E-state index is -0.152. The highest BCUT2D eigenvalue weighted by Crippen LogP contribution is 2.24. The maximum Gasteiger partial charge on any atom is 0.227 e. The Balaban J connectivity index is 1.88. The Labute approximate surface area is 101 Å². The Morgan fingerprint density at radius 1 is 1.35 bits per heavy atom. The second-order valence-electron chi connectivity index (χ2n) is 4.63. The molecule has 1 aliphatic rings. The van der Waals surface area contributed by atoms with Gasteiger partial charge < -0.3 is 16.2 Å². The highest BCUT2D eigenvalue weighted by atomic mass is 16.3. The van der Waals surface area contributed by atoms with Crippen LogP contribution >= 0.6 is 0 Å². The number of nitrogens with one attached hydrogen (secondary N) is 1. The van der Waals surface area contributed by atoms with Crippen molar-refractivity contribution in [2.24, 2.45) is 5.92 Å². The molecule has 2 atom stereocenters. The number of aliphatic hydroxyl groups excluding tert-OH is 1. The van der Waals surface area contributed by atoms with Crippen molar-refractivity contribution in [3.05, 3.63) is 5.82 Å². The Morgan fingerprint density at radius 2 is 2.18 bits per heavy atom. The molecule has 1 aromatic heterocycles. The van der Waals surface area contributed by atoms with E-state index in [9.17, 15) is 5.11 Å². The Hall–Kier alpha value is -1.43. The molecule has 0 spiro atoms. The lowest BCUT2D eigenvalue weighted by Crippen LogP contribution is -2.25. The van der Waals surface area contributed by atoms with E-state index in [2.05, 4.69) is 20.3 Å². The second kappa shape index (κ2) is 5.27. The van der Waals surface area contributed by atoms with Crippen molar-refractivity contribution in [2.75, 3.05) is 17.6 Å². The first-order chi connectivity index (χ1) is 8.13. The summed E-state index contributed by atoms with van der Waals surface area (Å²) in [7, 11) is 0. The minimum Gasteiger partial charge on any atom is -0.393 e. The molecule has 1 saturated carbocycles. The molecule has 2 rings (SSSR count). The van der Waals surface area contributed by atoms with Gasteiger partial charge in [-0.15, -0.1) is 0 Å². The van der Waals surface area contributed by atoms with E-state index in [4.69, 9.17) is 5.73 Å². The SMILES string of the molecule is Cc1nc(N)nc(NCC2CCCC(O)C2)n1. The van der Waals surface area contributed by atoms with Gasteiger partial charge in [0.2, 0.25) is 11.9 Å². The van der Waals surface area contributed by atoms with Crippen molar-refractivity contribution in [2.45, 2.75) is 38.7 Å². The molecule has 94 valence electrons. The van der Waals surface area contributed by atoms with E-state index < -0.39 is 0 Å². The van der Waals surface area contributed by atoms with E-state index in [1.165, 1.54) is 0 Å². The standard InChI is InChI=1S/C11H19N5O/c1-7-14-10(12)16-11(15-7)13-6-8-3-2-4-9(17)5-8/h8-9,17H,2-6H2,1H3,(H3,12,13,14,15,16). The van der Waals surface area contributed by atoms with Crippen molar-refractivity contribution in [1.29, 1.82) is 0 Å². The molecule has 2 unspecified atom stereocenters. The Bertz CT molecular complexity index is 364. The van der Waals surface area contributed by atoms with Gasteiger partial charge in [0.25, 0.3) is 0 Å². The van der Waals surface area contributed by atoms with Gasteiger partial charge in [0.05, 0.1) is 6.10 Å². The van der Waals surface area contributed by atoms with E-state index in [0.29, 0.717) is 17.7 Å². The van der Waals surface area contributed by atoms with Crippen LogP contribution < -0.4 is 11.1 Å². The molecular weight excluding hydrogens is 218 g/mol. The van der Waals surface area contributed by atoms with Gasteiger partial charge in [-0.25, -0.2) is 0 Å². The van der Waals surface area contributed by atoms with Crippen LogP contribution in [-0.4, -0.2) is 32.7 Å². The summed E-state index contributed by atoms with van der Waals surface area (Å²) in [5.74, 6) is 1.86. The van der Waals surface area contributed by atoms with Gasteiger partial charge in [-0.1, -0.05) is 6.42 Å². The summed E-state index contributed by atoms with van der Waals surface area (Å²) in [5, 5.41) is 12.7. The molecule has 0 bridgehead atoms. The fraction of sp³-hybridized carbons (Fsp3) is 0.727. The molecule has 0 radical (unpaired) electrons. The van der Waals surface area contributed by atoms with Gasteiger partial charge >= 0.3 is 0 Å². The fourth-order valence-electron chi connectivity index (χ4n) is 2.27. The predicted octanol–water partition coefficient (Wildman–Crippen LogP) is 0.725. The average Bonchev–Trinajstić information content (AvgIpc) is 2.25. The molecule has 6 heteroatoms. The lowest BCUT2D eigenvalue weighted by atomic mass is 9.87. The largest absolute Gasteiger partial charge is 0.393 e. The van der Waals surface area contributed by atoms with Crippen molar-refractivity contribution >= 4 is 11.9 Å². The van der Waals surface area contributed by atoms with Crippen LogP contribution in [0.5, 0.6) is 0 Å². The smallest absolute Gasteiger partial charge is 0.227 e. The van der Waals surface area contributed by atoms with Crippen molar-refractivity contribution in [3.8, 4) is 0 Å². The van der Waals surface area contributed by atoms with Crippen molar-refractivity contribution < 1.29 is 5.11 Å². The number of anilines is 2. The van der Waals surface area contributed by atoms with Gasteiger partial charge in [-0.2, -0.15) is 15.0 Å². The van der Waals surface area contributed by atoms with Crippen LogP contribution in [0.1, 0.15) is 31.5 Å². The Morgan fingerprint density at radius 3 is 2.88 bits per heavy atom. The number of aromatic nitrogens is 3. The van der Waals surface area contributed by atoms with Crippen LogP contribution in [0.25, 0.3) is 0 Å². The molecule has 1 aliphatic carbocycles. The van der Waals surface area contributed by atoms with Gasteiger partial charge in [0.15, 0.2) is 0 Å². The summed E-state index contributed by atoms with van der Waals surface area (Å²) in [6, 6.07) is 0. The lowest BCUT2D eigenvalue weighted by molar-refractivity contribution is 0.104. The normalized spacial score (nSPS) is 24.6. The molecule has 0 aromatic carbocycles. The maximum absolute atomic E-state index is 9.58. The highest BCUT2D eigenvalue weighted by molar-refractivity contribution is 5.30. The Kier molecular flexibility index (Phi) is 3.73. The van der Waals surface area contributed by atoms with E-state index in [1.807, 2.05) is 0 Å². The third-order valence-corrected chi connectivity index (χ3v) is 3.07. The number of nitrogens with two attached hydrogens (primary N) is 1. The van der Waals surface area contributed by atoms with E-state index in [0.717, 1.165) is 32.2 Å². The summed E-state index contributed by atoms with van der Waals surface area (Å²) >= 11 is 0. The minimum absolute atomic E-state index is 0.152. The lowest BCUT2D eigenvalue weighted by Gasteiger charge is -2.25. The van der Waals surface area contributed by atoms with E-state index in [1.54, 1.807) is 6.92 Å². The molecule has 1 fully saturated rings. The molecule has 1 heterocycles. The first-order valence-electron chi connectivity index (χ1n) is 6.03. The number of rotatable bonds is 3. The number of nitrogens with zero attached hydrogens (tertiary/aromatic N) is 3. The molecule has 6 nitrogen and oxygen atoms in total. The molecule has 0 saturated heterocycles. The van der Waals surface area contributed by atoms with Crippen molar-refractivity contribution in [1.82, 2.24) is 15.0 Å². The first-order valence-corrected chi connectivity index (χ1v) is 6.03. The summed E-state index contributed by atoms with van der Waals surface area (Å²) < 4.78 is 0.